The standard InChI is InChI=1S/C9H9F5N2O/c10-8(11)7-5(3-17)6(9(12,13)14)4(1-15)2-16-7/h2,8,17H,1,3,15H2. The number of alkyl halides is 5. The van der Waals surface area contributed by atoms with Crippen molar-refractivity contribution in [3.8, 4) is 0 Å². The third kappa shape index (κ3) is 2.70. The summed E-state index contributed by atoms with van der Waals surface area (Å²) in [6.45, 7) is -1.67. The van der Waals surface area contributed by atoms with Crippen LogP contribution in [0.25, 0.3) is 0 Å². The van der Waals surface area contributed by atoms with Gasteiger partial charge in [0.2, 0.25) is 0 Å². The number of nitrogens with two attached hydrogens (primary N) is 1. The first-order chi connectivity index (χ1) is 7.82. The van der Waals surface area contributed by atoms with Gasteiger partial charge in [0.15, 0.2) is 0 Å². The summed E-state index contributed by atoms with van der Waals surface area (Å²) in [6, 6.07) is 0. The number of rotatable bonds is 3. The van der Waals surface area contributed by atoms with E-state index in [2.05, 4.69) is 4.98 Å². The second kappa shape index (κ2) is 4.92. The molecule has 0 fully saturated rings. The van der Waals surface area contributed by atoms with Crippen molar-refractivity contribution in [2.24, 2.45) is 5.73 Å². The lowest BCUT2D eigenvalue weighted by Crippen LogP contribution is -2.18. The van der Waals surface area contributed by atoms with Crippen molar-refractivity contribution in [2.45, 2.75) is 25.8 Å². The number of hydrogen-bond donors (Lipinski definition) is 2. The molecular formula is C9H9F5N2O. The molecule has 0 spiro atoms. The predicted molar refractivity (Wildman–Crippen MR) is 48.0 cm³/mol. The summed E-state index contributed by atoms with van der Waals surface area (Å²) in [7, 11) is 0. The van der Waals surface area contributed by atoms with E-state index in [-0.39, 0.29) is 0 Å². The average molecular weight is 256 g/mol. The van der Waals surface area contributed by atoms with E-state index < -0.39 is 48.1 Å². The molecule has 96 valence electrons. The van der Waals surface area contributed by atoms with Crippen molar-refractivity contribution in [1.82, 2.24) is 4.98 Å². The maximum Gasteiger partial charge on any atom is 0.417 e. The van der Waals surface area contributed by atoms with Crippen LogP contribution < -0.4 is 5.73 Å². The monoisotopic (exact) mass is 256 g/mol. The van der Waals surface area contributed by atoms with Gasteiger partial charge in [0, 0.05) is 18.3 Å². The van der Waals surface area contributed by atoms with Gasteiger partial charge in [-0.25, -0.2) is 8.78 Å². The molecule has 0 aromatic carbocycles. The SMILES string of the molecule is NCc1cnc(C(F)F)c(CO)c1C(F)(F)F. The summed E-state index contributed by atoms with van der Waals surface area (Å²) in [5.74, 6) is 0. The van der Waals surface area contributed by atoms with Gasteiger partial charge in [-0.15, -0.1) is 0 Å². The van der Waals surface area contributed by atoms with Crippen molar-refractivity contribution in [2.75, 3.05) is 0 Å². The first kappa shape index (κ1) is 13.8. The molecule has 1 aromatic rings. The molecule has 0 bridgehead atoms. The predicted octanol–water partition coefficient (Wildman–Crippen LogP) is 1.99. The normalized spacial score (nSPS) is 12.2. The Morgan fingerprint density at radius 3 is 2.29 bits per heavy atom. The van der Waals surface area contributed by atoms with Crippen molar-refractivity contribution in [3.63, 3.8) is 0 Å². The highest BCUT2D eigenvalue weighted by Crippen LogP contribution is 2.37. The van der Waals surface area contributed by atoms with Gasteiger partial charge in [0.1, 0.15) is 5.69 Å². The Hall–Kier alpha value is -1.28. The van der Waals surface area contributed by atoms with Gasteiger partial charge in [-0.2, -0.15) is 13.2 Å². The number of nitrogens with zero attached hydrogens (tertiary/aromatic N) is 1. The Bertz CT molecular complexity index is 405. The molecule has 0 aliphatic heterocycles. The Labute approximate surface area is 93.1 Å². The number of aliphatic hydroxyl groups excluding tert-OH is 1. The van der Waals surface area contributed by atoms with Crippen molar-refractivity contribution in [1.29, 1.82) is 0 Å². The fraction of sp³-hybridized carbons (Fsp3) is 0.444. The highest BCUT2D eigenvalue weighted by atomic mass is 19.4. The fourth-order valence-electron chi connectivity index (χ4n) is 1.47. The third-order valence-electron chi connectivity index (χ3n) is 2.16. The van der Waals surface area contributed by atoms with Crippen LogP contribution in [-0.4, -0.2) is 10.1 Å². The van der Waals surface area contributed by atoms with E-state index in [0.29, 0.717) is 6.20 Å². The number of aromatic nitrogens is 1. The van der Waals surface area contributed by atoms with Crippen LogP contribution in [-0.2, 0) is 19.3 Å². The van der Waals surface area contributed by atoms with Crippen LogP contribution in [0.15, 0.2) is 6.20 Å². The Morgan fingerprint density at radius 1 is 1.35 bits per heavy atom. The summed E-state index contributed by atoms with van der Waals surface area (Å²) in [4.78, 5) is 3.20. The first-order valence-electron chi connectivity index (χ1n) is 4.49. The summed E-state index contributed by atoms with van der Waals surface area (Å²) >= 11 is 0. The van der Waals surface area contributed by atoms with Gasteiger partial charge in [0.25, 0.3) is 6.43 Å². The van der Waals surface area contributed by atoms with E-state index >= 15 is 0 Å². The van der Waals surface area contributed by atoms with Gasteiger partial charge in [-0.3, -0.25) is 4.98 Å². The number of hydrogen-bond acceptors (Lipinski definition) is 3. The molecule has 1 rings (SSSR count). The minimum Gasteiger partial charge on any atom is -0.392 e. The maximum atomic E-state index is 12.7. The zero-order valence-electron chi connectivity index (χ0n) is 8.43. The number of halogens is 5. The van der Waals surface area contributed by atoms with Crippen LogP contribution in [0, 0.1) is 0 Å². The molecule has 0 radical (unpaired) electrons. The van der Waals surface area contributed by atoms with Gasteiger partial charge < -0.3 is 10.8 Å². The zero-order valence-corrected chi connectivity index (χ0v) is 8.43. The zero-order chi connectivity index (χ0) is 13.2. The minimum absolute atomic E-state index is 0.425. The molecule has 8 heteroatoms. The molecule has 0 saturated carbocycles. The van der Waals surface area contributed by atoms with Gasteiger partial charge in [-0.05, 0) is 5.56 Å². The molecular weight excluding hydrogens is 247 g/mol. The van der Waals surface area contributed by atoms with Crippen molar-refractivity contribution in [3.05, 3.63) is 28.6 Å². The summed E-state index contributed by atoms with van der Waals surface area (Å²) in [6.07, 6.45) is -7.40. The molecule has 3 N–H and O–H groups in total. The second-order valence-corrected chi connectivity index (χ2v) is 3.18. The smallest absolute Gasteiger partial charge is 0.392 e. The van der Waals surface area contributed by atoms with E-state index in [1.165, 1.54) is 0 Å². The van der Waals surface area contributed by atoms with Crippen LogP contribution in [0.2, 0.25) is 0 Å². The van der Waals surface area contributed by atoms with Crippen molar-refractivity contribution < 1.29 is 27.1 Å². The molecule has 0 amide bonds. The molecule has 0 aliphatic rings. The molecule has 0 saturated heterocycles. The molecule has 0 unspecified atom stereocenters. The van der Waals surface area contributed by atoms with E-state index in [9.17, 15) is 22.0 Å². The lowest BCUT2D eigenvalue weighted by Gasteiger charge is -2.17. The van der Waals surface area contributed by atoms with Crippen LogP contribution in [0.5, 0.6) is 0 Å². The molecule has 3 nitrogen and oxygen atoms in total. The second-order valence-electron chi connectivity index (χ2n) is 3.18. The highest BCUT2D eigenvalue weighted by Gasteiger charge is 2.38. The van der Waals surface area contributed by atoms with E-state index in [0.717, 1.165) is 0 Å². The number of pyridine rings is 1. The fourth-order valence-corrected chi connectivity index (χ4v) is 1.47. The van der Waals surface area contributed by atoms with Gasteiger partial charge >= 0.3 is 6.18 Å². The quantitative estimate of drug-likeness (QED) is 0.813. The lowest BCUT2D eigenvalue weighted by molar-refractivity contribution is -0.139. The maximum absolute atomic E-state index is 12.7. The van der Waals surface area contributed by atoms with Crippen LogP contribution in [0.1, 0.15) is 28.8 Å². The van der Waals surface area contributed by atoms with E-state index in [1.54, 1.807) is 0 Å². The lowest BCUT2D eigenvalue weighted by atomic mass is 10.0. The average Bonchev–Trinajstić information content (AvgIpc) is 2.25. The molecule has 1 heterocycles. The number of aliphatic hydroxyl groups is 1. The largest absolute Gasteiger partial charge is 0.417 e. The Kier molecular flexibility index (Phi) is 3.99. The van der Waals surface area contributed by atoms with Crippen LogP contribution in [0.3, 0.4) is 0 Å². The summed E-state index contributed by atoms with van der Waals surface area (Å²) in [5.41, 5.74) is 1.34. The minimum atomic E-state index is -4.86. The Morgan fingerprint density at radius 2 is 1.94 bits per heavy atom. The third-order valence-corrected chi connectivity index (χ3v) is 2.16. The van der Waals surface area contributed by atoms with E-state index in [4.69, 9.17) is 10.8 Å². The topological polar surface area (TPSA) is 59.1 Å². The molecule has 17 heavy (non-hydrogen) atoms. The first-order valence-corrected chi connectivity index (χ1v) is 4.49. The molecule has 0 aliphatic carbocycles. The van der Waals surface area contributed by atoms with Crippen LogP contribution >= 0.6 is 0 Å². The van der Waals surface area contributed by atoms with Crippen LogP contribution in [0.4, 0.5) is 22.0 Å². The molecule has 0 atom stereocenters. The van der Waals surface area contributed by atoms with E-state index in [1.807, 2.05) is 0 Å². The van der Waals surface area contributed by atoms with Crippen molar-refractivity contribution >= 4 is 0 Å². The Balaban J connectivity index is 3.55. The highest BCUT2D eigenvalue weighted by molar-refractivity contribution is 5.39. The van der Waals surface area contributed by atoms with Gasteiger partial charge in [-0.1, -0.05) is 0 Å². The molecule has 1 aromatic heterocycles. The summed E-state index contributed by atoms with van der Waals surface area (Å²) < 4.78 is 63.0. The van der Waals surface area contributed by atoms with Gasteiger partial charge in [0.05, 0.1) is 12.2 Å². The summed E-state index contributed by atoms with van der Waals surface area (Å²) in [5, 5.41) is 8.82.